The molecule has 1 aliphatic heterocycles. The average Bonchev–Trinajstić information content (AvgIpc) is 2.42. The Labute approximate surface area is 107 Å². The summed E-state index contributed by atoms with van der Waals surface area (Å²) in [5, 5.41) is 9.19. The Kier molecular flexibility index (Phi) is 3.41. The molecule has 0 aromatic carbocycles. The molecule has 1 aliphatic rings. The van der Waals surface area contributed by atoms with Crippen LogP contribution in [0.4, 0.5) is 0 Å². The van der Waals surface area contributed by atoms with Gasteiger partial charge in [0.1, 0.15) is 0 Å². The number of rotatable bonds is 0. The highest BCUT2D eigenvalue weighted by Gasteiger charge is 2.52. The smallest absolute Gasteiger partial charge is 0.312 e. The predicted molar refractivity (Wildman–Crippen MR) is 75.2 cm³/mol. The van der Waals surface area contributed by atoms with E-state index in [1.54, 1.807) is 0 Å². The van der Waals surface area contributed by atoms with Crippen LogP contribution in [-0.2, 0) is 0 Å². The zero-order chi connectivity index (χ0) is 13.6. The summed E-state index contributed by atoms with van der Waals surface area (Å²) in [6.07, 6.45) is 0. The van der Waals surface area contributed by atoms with E-state index in [9.17, 15) is 0 Å². The molecular formula is C13H28BN3. The van der Waals surface area contributed by atoms with Crippen molar-refractivity contribution in [2.45, 2.75) is 79.1 Å². The first-order chi connectivity index (χ1) is 7.35. The molecule has 1 heterocycles. The Hall–Kier alpha value is -0.535. The minimum atomic E-state index is 0.0292. The monoisotopic (exact) mass is 237 g/mol. The normalized spacial score (nSPS) is 22.5. The maximum atomic E-state index is 4.55. The van der Waals surface area contributed by atoms with E-state index < -0.39 is 0 Å². The fourth-order valence-corrected chi connectivity index (χ4v) is 2.40. The van der Waals surface area contributed by atoms with Crippen molar-refractivity contribution in [1.29, 1.82) is 0 Å². The molecule has 4 heteroatoms. The van der Waals surface area contributed by atoms with E-state index in [0.29, 0.717) is 6.85 Å². The van der Waals surface area contributed by atoms with Crippen molar-refractivity contribution in [3.8, 4) is 0 Å². The third kappa shape index (κ3) is 3.02. The largest absolute Gasteiger partial charge is 0.315 e. The van der Waals surface area contributed by atoms with Crippen molar-refractivity contribution in [2.75, 3.05) is 0 Å². The predicted octanol–water partition coefficient (Wildman–Crippen LogP) is 4.21. The van der Waals surface area contributed by atoms with Crippen molar-refractivity contribution in [3.05, 3.63) is 0 Å². The van der Waals surface area contributed by atoms with E-state index in [2.05, 4.69) is 77.6 Å². The van der Waals surface area contributed by atoms with Crippen LogP contribution < -0.4 is 0 Å². The lowest BCUT2D eigenvalue weighted by Crippen LogP contribution is -2.56. The van der Waals surface area contributed by atoms with E-state index in [1.165, 1.54) is 0 Å². The maximum absolute atomic E-state index is 4.55. The first-order valence-electron chi connectivity index (χ1n) is 6.55. The zero-order valence-corrected chi connectivity index (χ0v) is 13.0. The fraction of sp³-hybridized carbons (Fsp3) is 1.00. The van der Waals surface area contributed by atoms with Crippen LogP contribution in [0.2, 0.25) is 5.31 Å². The van der Waals surface area contributed by atoms with Gasteiger partial charge in [0.2, 0.25) is 0 Å². The summed E-state index contributed by atoms with van der Waals surface area (Å²) >= 11 is 0. The molecule has 98 valence electrons. The van der Waals surface area contributed by atoms with Gasteiger partial charge in [-0.05, 0) is 31.5 Å². The van der Waals surface area contributed by atoms with E-state index in [-0.39, 0.29) is 22.2 Å². The molecular weight excluding hydrogens is 209 g/mol. The van der Waals surface area contributed by atoms with Gasteiger partial charge in [-0.2, -0.15) is 5.11 Å². The van der Waals surface area contributed by atoms with Gasteiger partial charge in [-0.3, -0.25) is 0 Å². The van der Waals surface area contributed by atoms with Gasteiger partial charge in [0, 0.05) is 5.54 Å². The zero-order valence-electron chi connectivity index (χ0n) is 13.0. The first kappa shape index (κ1) is 14.5. The summed E-state index contributed by atoms with van der Waals surface area (Å²) in [5.41, 5.74) is 0.183. The highest BCUT2D eigenvalue weighted by Crippen LogP contribution is 2.43. The van der Waals surface area contributed by atoms with Gasteiger partial charge in [-0.25, -0.2) is 0 Å². The van der Waals surface area contributed by atoms with E-state index in [0.717, 1.165) is 0 Å². The van der Waals surface area contributed by atoms with Crippen LogP contribution in [0.1, 0.15) is 62.3 Å². The summed E-state index contributed by atoms with van der Waals surface area (Å²) in [7, 11) is 0. The van der Waals surface area contributed by atoms with Crippen LogP contribution >= 0.6 is 0 Å². The molecule has 0 bridgehead atoms. The highest BCUT2D eigenvalue weighted by atomic mass is 15.6. The molecule has 0 aromatic rings. The number of nitrogens with zero attached hydrogens (tertiary/aromatic N) is 3. The van der Waals surface area contributed by atoms with Crippen LogP contribution in [0, 0.1) is 5.41 Å². The molecule has 3 nitrogen and oxygen atoms in total. The quantitative estimate of drug-likeness (QED) is 0.580. The molecule has 0 radical (unpaired) electrons. The first-order valence-corrected chi connectivity index (χ1v) is 6.55. The van der Waals surface area contributed by atoms with Gasteiger partial charge in [-0.15, -0.1) is 0 Å². The molecule has 1 unspecified atom stereocenters. The molecule has 1 atom stereocenters. The molecule has 0 aromatic heterocycles. The molecule has 0 spiro atoms. The molecule has 0 amide bonds. The molecule has 1 rings (SSSR count). The third-order valence-electron chi connectivity index (χ3n) is 3.30. The van der Waals surface area contributed by atoms with Crippen molar-refractivity contribution in [3.63, 3.8) is 0 Å². The minimum Gasteiger partial charge on any atom is -0.315 e. The molecule has 0 N–H and O–H groups in total. The van der Waals surface area contributed by atoms with E-state index >= 15 is 0 Å². The van der Waals surface area contributed by atoms with Crippen LogP contribution in [0.15, 0.2) is 10.3 Å². The Balaban J connectivity index is 3.12. The Morgan fingerprint density at radius 1 is 0.882 bits per heavy atom. The third-order valence-corrected chi connectivity index (χ3v) is 3.30. The van der Waals surface area contributed by atoms with Gasteiger partial charge < -0.3 is 4.92 Å². The van der Waals surface area contributed by atoms with Crippen molar-refractivity contribution >= 4 is 6.85 Å². The summed E-state index contributed by atoms with van der Waals surface area (Å²) in [6.45, 7) is 20.6. The Bertz CT molecular complexity index is 280. The van der Waals surface area contributed by atoms with Crippen molar-refractivity contribution in [2.24, 2.45) is 15.8 Å². The molecule has 0 saturated heterocycles. The maximum Gasteiger partial charge on any atom is 0.312 e. The highest BCUT2D eigenvalue weighted by molar-refractivity contribution is 6.61. The van der Waals surface area contributed by atoms with Crippen molar-refractivity contribution in [1.82, 2.24) is 4.92 Å². The minimum absolute atomic E-state index is 0.0292. The van der Waals surface area contributed by atoms with E-state index in [1.807, 2.05) is 0 Å². The summed E-state index contributed by atoms with van der Waals surface area (Å²) in [6, 6.07) is 0. The van der Waals surface area contributed by atoms with Gasteiger partial charge in [0.05, 0.1) is 5.94 Å². The fourth-order valence-electron chi connectivity index (χ4n) is 2.40. The Morgan fingerprint density at radius 2 is 1.35 bits per heavy atom. The van der Waals surface area contributed by atoms with Crippen LogP contribution in [0.25, 0.3) is 0 Å². The lowest BCUT2D eigenvalue weighted by molar-refractivity contribution is 0.245. The standard InChI is InChI=1S/C13H28BN3/c1-11(2,3)10-14(12(4,5)6)17(16-15-10)13(7,8)9/h10H,1-9H3. The van der Waals surface area contributed by atoms with Gasteiger partial charge in [0.25, 0.3) is 0 Å². The van der Waals surface area contributed by atoms with Gasteiger partial charge in [0.15, 0.2) is 0 Å². The second kappa shape index (κ2) is 3.99. The molecule has 0 aliphatic carbocycles. The average molecular weight is 237 g/mol. The second-order valence-corrected chi connectivity index (χ2v) is 8.34. The van der Waals surface area contributed by atoms with Crippen LogP contribution in [0.5, 0.6) is 0 Å². The lowest BCUT2D eigenvalue weighted by atomic mass is 9.35. The number of hydrogen-bond donors (Lipinski definition) is 0. The molecule has 0 fully saturated rings. The van der Waals surface area contributed by atoms with Gasteiger partial charge >= 0.3 is 6.85 Å². The summed E-state index contributed by atoms with van der Waals surface area (Å²) in [5.74, 6) is 0.265. The SMILES string of the molecule is CC(C)(C)B1C(C(C)(C)C)N=NN1C(C)(C)C. The molecule has 0 saturated carbocycles. The van der Waals surface area contributed by atoms with E-state index in [4.69, 9.17) is 0 Å². The number of hydrogen-bond acceptors (Lipinski definition) is 3. The topological polar surface area (TPSA) is 28.0 Å². The summed E-state index contributed by atoms with van der Waals surface area (Å²) in [4.78, 5) is 2.20. The van der Waals surface area contributed by atoms with Gasteiger partial charge in [-0.1, -0.05) is 46.8 Å². The lowest BCUT2D eigenvalue weighted by Gasteiger charge is -2.42. The molecule has 17 heavy (non-hydrogen) atoms. The Morgan fingerprint density at radius 3 is 1.65 bits per heavy atom. The van der Waals surface area contributed by atoms with Crippen LogP contribution in [0.3, 0.4) is 0 Å². The van der Waals surface area contributed by atoms with Crippen LogP contribution in [-0.4, -0.2) is 23.2 Å². The summed E-state index contributed by atoms with van der Waals surface area (Å²) < 4.78 is 0. The second-order valence-electron chi connectivity index (χ2n) is 8.34. The van der Waals surface area contributed by atoms with Crippen molar-refractivity contribution < 1.29 is 0 Å².